The number of carbonyl (C=O) groups is 2. The van der Waals surface area contributed by atoms with Crippen LogP contribution >= 0.6 is 0 Å². The molecular weight excluding hydrogens is 411 g/mol. The molecule has 0 unspecified atom stereocenters. The third kappa shape index (κ3) is 5.21. The van der Waals surface area contributed by atoms with E-state index in [2.05, 4.69) is 10.3 Å². The first-order valence-corrected chi connectivity index (χ1v) is 10.3. The fraction of sp³-hybridized carbons (Fsp3) is 0.208. The second-order valence-corrected chi connectivity index (χ2v) is 7.37. The van der Waals surface area contributed by atoms with Crippen LogP contribution in [-0.4, -0.2) is 52.9 Å². The molecule has 3 aromatic rings. The Bertz CT molecular complexity index is 1090. The number of amides is 3. The number of rotatable bonds is 5. The van der Waals surface area contributed by atoms with Crippen LogP contribution in [-0.2, 0) is 6.61 Å². The standard InChI is InChI=1S/C24H23FN4O3/c25-19-6-3-5-18(15-19)17-32-22-9-2-1-8-21(22)23(30)28-11-13-29(14-12-28)24(31)27-20-7-4-10-26-16-20/h1-10,15-16H,11-14,17H2,(H,27,31). The fourth-order valence-corrected chi connectivity index (χ4v) is 3.48. The second kappa shape index (κ2) is 9.91. The molecule has 32 heavy (non-hydrogen) atoms. The number of ether oxygens (including phenoxy) is 1. The Hall–Kier alpha value is -3.94. The molecule has 1 fully saturated rings. The van der Waals surface area contributed by atoms with E-state index in [0.29, 0.717) is 48.7 Å². The SMILES string of the molecule is O=C(Nc1cccnc1)N1CCN(C(=O)c2ccccc2OCc2cccc(F)c2)CC1. The highest BCUT2D eigenvalue weighted by Crippen LogP contribution is 2.22. The molecule has 0 bridgehead atoms. The van der Waals surface area contributed by atoms with Crippen molar-refractivity contribution >= 4 is 17.6 Å². The van der Waals surface area contributed by atoms with Gasteiger partial charge in [0.15, 0.2) is 0 Å². The molecule has 1 saturated heterocycles. The molecule has 164 valence electrons. The van der Waals surface area contributed by atoms with E-state index in [1.54, 1.807) is 70.7 Å². The van der Waals surface area contributed by atoms with E-state index in [-0.39, 0.29) is 24.4 Å². The minimum atomic E-state index is -0.333. The van der Waals surface area contributed by atoms with E-state index in [4.69, 9.17) is 4.74 Å². The molecule has 2 aromatic carbocycles. The summed E-state index contributed by atoms with van der Waals surface area (Å²) in [6, 6.07) is 16.5. The van der Waals surface area contributed by atoms with Crippen LogP contribution in [0, 0.1) is 5.82 Å². The average Bonchev–Trinajstić information content (AvgIpc) is 2.83. The van der Waals surface area contributed by atoms with E-state index in [1.165, 1.54) is 12.1 Å². The first kappa shape index (κ1) is 21.3. The van der Waals surface area contributed by atoms with Crippen molar-refractivity contribution in [3.63, 3.8) is 0 Å². The summed E-state index contributed by atoms with van der Waals surface area (Å²) in [7, 11) is 0. The normalized spacial score (nSPS) is 13.5. The number of urea groups is 1. The van der Waals surface area contributed by atoms with Crippen molar-refractivity contribution in [1.82, 2.24) is 14.8 Å². The summed E-state index contributed by atoms with van der Waals surface area (Å²) in [5.41, 5.74) is 1.75. The summed E-state index contributed by atoms with van der Waals surface area (Å²) in [5.74, 6) is -0.0495. The predicted molar refractivity (Wildman–Crippen MR) is 118 cm³/mol. The summed E-state index contributed by atoms with van der Waals surface area (Å²) in [6.07, 6.45) is 3.22. The lowest BCUT2D eigenvalue weighted by atomic mass is 10.1. The molecule has 0 atom stereocenters. The number of anilines is 1. The predicted octanol–water partition coefficient (Wildman–Crippen LogP) is 3.79. The number of piperazine rings is 1. The number of nitrogens with zero attached hydrogens (tertiary/aromatic N) is 3. The lowest BCUT2D eigenvalue weighted by Crippen LogP contribution is -2.51. The Labute approximate surface area is 185 Å². The van der Waals surface area contributed by atoms with Crippen LogP contribution in [0.1, 0.15) is 15.9 Å². The number of benzene rings is 2. The van der Waals surface area contributed by atoms with Crippen molar-refractivity contribution in [1.29, 1.82) is 0 Å². The van der Waals surface area contributed by atoms with Gasteiger partial charge in [0, 0.05) is 32.4 Å². The third-order valence-electron chi connectivity index (χ3n) is 5.17. The summed E-state index contributed by atoms with van der Waals surface area (Å²) < 4.78 is 19.2. The molecule has 0 spiro atoms. The number of para-hydroxylation sites is 1. The zero-order valence-electron chi connectivity index (χ0n) is 17.4. The zero-order chi connectivity index (χ0) is 22.3. The molecule has 0 saturated carbocycles. The molecule has 3 amide bonds. The topological polar surface area (TPSA) is 74.8 Å². The van der Waals surface area contributed by atoms with Crippen LogP contribution in [0.5, 0.6) is 5.75 Å². The maximum atomic E-state index is 13.4. The van der Waals surface area contributed by atoms with Gasteiger partial charge in [-0.1, -0.05) is 24.3 Å². The van der Waals surface area contributed by atoms with Crippen LogP contribution in [0.25, 0.3) is 0 Å². The van der Waals surface area contributed by atoms with Gasteiger partial charge >= 0.3 is 6.03 Å². The lowest BCUT2D eigenvalue weighted by Gasteiger charge is -2.35. The maximum Gasteiger partial charge on any atom is 0.322 e. The molecule has 2 heterocycles. The molecule has 0 aliphatic carbocycles. The van der Waals surface area contributed by atoms with E-state index >= 15 is 0 Å². The van der Waals surface area contributed by atoms with Crippen molar-refractivity contribution < 1.29 is 18.7 Å². The summed E-state index contributed by atoms with van der Waals surface area (Å²) >= 11 is 0. The van der Waals surface area contributed by atoms with Crippen molar-refractivity contribution in [3.05, 3.63) is 90.0 Å². The monoisotopic (exact) mass is 434 g/mol. The summed E-state index contributed by atoms with van der Waals surface area (Å²) in [4.78, 5) is 32.9. The van der Waals surface area contributed by atoms with Crippen LogP contribution in [0.15, 0.2) is 73.1 Å². The number of hydrogen-bond donors (Lipinski definition) is 1. The largest absolute Gasteiger partial charge is 0.488 e. The van der Waals surface area contributed by atoms with Gasteiger partial charge in [0.25, 0.3) is 5.91 Å². The molecule has 0 radical (unpaired) electrons. The van der Waals surface area contributed by atoms with Gasteiger partial charge in [-0.2, -0.15) is 0 Å². The van der Waals surface area contributed by atoms with Gasteiger partial charge in [-0.3, -0.25) is 9.78 Å². The average molecular weight is 434 g/mol. The molecule has 1 N–H and O–H groups in total. The molecule has 1 aliphatic rings. The van der Waals surface area contributed by atoms with Gasteiger partial charge in [0.05, 0.1) is 17.4 Å². The van der Waals surface area contributed by atoms with E-state index in [0.717, 1.165) is 0 Å². The highest BCUT2D eigenvalue weighted by atomic mass is 19.1. The van der Waals surface area contributed by atoms with Crippen LogP contribution in [0.4, 0.5) is 14.9 Å². The Morgan fingerprint density at radius 1 is 0.969 bits per heavy atom. The van der Waals surface area contributed by atoms with Gasteiger partial charge in [0.1, 0.15) is 18.2 Å². The Morgan fingerprint density at radius 3 is 2.50 bits per heavy atom. The van der Waals surface area contributed by atoms with Crippen molar-refractivity contribution in [3.8, 4) is 5.75 Å². The molecule has 8 heteroatoms. The van der Waals surface area contributed by atoms with Crippen LogP contribution in [0.2, 0.25) is 0 Å². The highest BCUT2D eigenvalue weighted by molar-refractivity contribution is 5.97. The maximum absolute atomic E-state index is 13.4. The van der Waals surface area contributed by atoms with Crippen LogP contribution in [0.3, 0.4) is 0 Å². The molecular formula is C24H23FN4O3. The fourth-order valence-electron chi connectivity index (χ4n) is 3.48. The van der Waals surface area contributed by atoms with E-state index in [1.807, 2.05) is 0 Å². The van der Waals surface area contributed by atoms with Crippen LogP contribution < -0.4 is 10.1 Å². The quantitative estimate of drug-likeness (QED) is 0.663. The summed E-state index contributed by atoms with van der Waals surface area (Å²) in [5, 5.41) is 2.81. The van der Waals surface area contributed by atoms with Crippen molar-refractivity contribution in [2.45, 2.75) is 6.61 Å². The van der Waals surface area contributed by atoms with E-state index in [9.17, 15) is 14.0 Å². The van der Waals surface area contributed by atoms with E-state index < -0.39 is 0 Å². The lowest BCUT2D eigenvalue weighted by molar-refractivity contribution is 0.0667. The zero-order valence-corrected chi connectivity index (χ0v) is 17.4. The Morgan fingerprint density at radius 2 is 1.75 bits per heavy atom. The first-order chi connectivity index (χ1) is 15.6. The Kier molecular flexibility index (Phi) is 6.60. The number of halogens is 1. The smallest absolute Gasteiger partial charge is 0.322 e. The van der Waals surface area contributed by atoms with Gasteiger partial charge in [-0.15, -0.1) is 0 Å². The molecule has 1 aliphatic heterocycles. The number of aromatic nitrogens is 1. The number of nitrogens with one attached hydrogen (secondary N) is 1. The molecule has 4 rings (SSSR count). The van der Waals surface area contributed by atoms with Crippen molar-refractivity contribution in [2.24, 2.45) is 0 Å². The number of hydrogen-bond acceptors (Lipinski definition) is 4. The Balaban J connectivity index is 1.35. The summed E-state index contributed by atoms with van der Waals surface area (Å²) in [6.45, 7) is 1.83. The van der Waals surface area contributed by atoms with Gasteiger partial charge in [-0.05, 0) is 42.0 Å². The second-order valence-electron chi connectivity index (χ2n) is 7.37. The van der Waals surface area contributed by atoms with Gasteiger partial charge in [0.2, 0.25) is 0 Å². The van der Waals surface area contributed by atoms with Gasteiger partial charge < -0.3 is 19.9 Å². The van der Waals surface area contributed by atoms with Crippen molar-refractivity contribution in [2.75, 3.05) is 31.5 Å². The van der Waals surface area contributed by atoms with Gasteiger partial charge in [-0.25, -0.2) is 9.18 Å². The third-order valence-corrected chi connectivity index (χ3v) is 5.17. The first-order valence-electron chi connectivity index (χ1n) is 10.3. The number of pyridine rings is 1. The minimum Gasteiger partial charge on any atom is -0.488 e. The minimum absolute atomic E-state index is 0.157. The molecule has 1 aromatic heterocycles. The molecule has 7 nitrogen and oxygen atoms in total. The number of carbonyl (C=O) groups excluding carboxylic acids is 2. The highest BCUT2D eigenvalue weighted by Gasteiger charge is 2.26.